The summed E-state index contributed by atoms with van der Waals surface area (Å²) in [5, 5.41) is 3.51. The van der Waals surface area contributed by atoms with Gasteiger partial charge >= 0.3 is 0 Å². The molecule has 1 N–H and O–H groups in total. The van der Waals surface area contributed by atoms with Crippen molar-refractivity contribution in [2.24, 2.45) is 0 Å². The molecule has 1 atom stereocenters. The van der Waals surface area contributed by atoms with E-state index in [4.69, 9.17) is 16.3 Å². The van der Waals surface area contributed by atoms with Crippen LogP contribution in [-0.2, 0) is 26.2 Å². The first-order valence-corrected chi connectivity index (χ1v) is 14.8. The lowest BCUT2D eigenvalue weighted by atomic mass is 10.1. The van der Waals surface area contributed by atoms with Crippen molar-refractivity contribution in [1.29, 1.82) is 0 Å². The fraction of sp³-hybridized carbons (Fsp3) is 0.481. The van der Waals surface area contributed by atoms with Crippen LogP contribution >= 0.6 is 11.6 Å². The Morgan fingerprint density at radius 3 is 2.49 bits per heavy atom. The average Bonchev–Trinajstić information content (AvgIpc) is 3.37. The number of sulfonamides is 1. The van der Waals surface area contributed by atoms with Gasteiger partial charge in [-0.2, -0.15) is 0 Å². The van der Waals surface area contributed by atoms with E-state index in [0.29, 0.717) is 16.5 Å². The fourth-order valence-corrected chi connectivity index (χ4v) is 5.72. The number of anilines is 1. The van der Waals surface area contributed by atoms with Crippen molar-refractivity contribution in [2.45, 2.75) is 64.1 Å². The lowest BCUT2D eigenvalue weighted by molar-refractivity contribution is -0.141. The molecule has 1 fully saturated rings. The van der Waals surface area contributed by atoms with Crippen molar-refractivity contribution < 1.29 is 22.7 Å². The monoisotopic (exact) mass is 549 g/mol. The van der Waals surface area contributed by atoms with Crippen LogP contribution in [0.1, 0.15) is 51.0 Å². The van der Waals surface area contributed by atoms with Crippen molar-refractivity contribution in [1.82, 2.24) is 10.2 Å². The molecule has 1 aliphatic rings. The second kappa shape index (κ2) is 13.1. The molecule has 2 aromatic carbocycles. The summed E-state index contributed by atoms with van der Waals surface area (Å²) in [5.74, 6) is 0.259. The quantitative estimate of drug-likeness (QED) is 0.424. The zero-order valence-corrected chi connectivity index (χ0v) is 23.2. The van der Waals surface area contributed by atoms with Crippen LogP contribution in [0.5, 0.6) is 5.75 Å². The topological polar surface area (TPSA) is 96.0 Å². The number of methoxy groups -OCH3 is 1. The molecule has 1 saturated carbocycles. The number of rotatable bonds is 12. The van der Waals surface area contributed by atoms with Gasteiger partial charge in [0.2, 0.25) is 21.8 Å². The summed E-state index contributed by atoms with van der Waals surface area (Å²) in [6.07, 6.45) is 5.58. The average molecular weight is 550 g/mol. The molecule has 37 heavy (non-hydrogen) atoms. The second-order valence-electron chi connectivity index (χ2n) is 9.46. The Balaban J connectivity index is 1.73. The Hall–Kier alpha value is -2.78. The van der Waals surface area contributed by atoms with Gasteiger partial charge in [0.15, 0.2) is 0 Å². The van der Waals surface area contributed by atoms with Gasteiger partial charge in [0.05, 0.1) is 19.1 Å². The van der Waals surface area contributed by atoms with E-state index in [2.05, 4.69) is 5.32 Å². The number of ether oxygens (including phenoxy) is 1. The normalized spacial score (nSPS) is 14.7. The number of hydrogen-bond donors (Lipinski definition) is 1. The first-order chi connectivity index (χ1) is 17.6. The number of benzene rings is 2. The van der Waals surface area contributed by atoms with Crippen LogP contribution in [0.3, 0.4) is 0 Å². The maximum Gasteiger partial charge on any atom is 0.242 e. The third kappa shape index (κ3) is 8.36. The molecule has 2 aromatic rings. The van der Waals surface area contributed by atoms with Crippen molar-refractivity contribution in [3.8, 4) is 5.75 Å². The maximum atomic E-state index is 13.4. The van der Waals surface area contributed by atoms with E-state index in [9.17, 15) is 18.0 Å². The summed E-state index contributed by atoms with van der Waals surface area (Å²) in [7, 11) is -2.00. The first kappa shape index (κ1) is 28.8. The van der Waals surface area contributed by atoms with Crippen LogP contribution < -0.4 is 14.4 Å². The van der Waals surface area contributed by atoms with Crippen molar-refractivity contribution in [3.63, 3.8) is 0 Å². The van der Waals surface area contributed by atoms with Crippen molar-refractivity contribution in [3.05, 3.63) is 59.1 Å². The third-order valence-electron chi connectivity index (χ3n) is 6.60. The van der Waals surface area contributed by atoms with Crippen molar-refractivity contribution in [2.75, 3.05) is 24.2 Å². The molecule has 1 aliphatic carbocycles. The molecule has 2 amide bonds. The molecule has 0 heterocycles. The van der Waals surface area contributed by atoms with Crippen LogP contribution in [0, 0.1) is 0 Å². The third-order valence-corrected chi connectivity index (χ3v) is 8.03. The summed E-state index contributed by atoms with van der Waals surface area (Å²) in [6.45, 7) is 2.08. The van der Waals surface area contributed by atoms with Crippen LogP contribution in [0.4, 0.5) is 5.69 Å². The van der Waals surface area contributed by atoms with E-state index >= 15 is 0 Å². The van der Waals surface area contributed by atoms with E-state index in [1.165, 1.54) is 4.31 Å². The summed E-state index contributed by atoms with van der Waals surface area (Å²) < 4.78 is 31.4. The van der Waals surface area contributed by atoms with Crippen LogP contribution in [0.15, 0.2) is 48.5 Å². The van der Waals surface area contributed by atoms with Gasteiger partial charge in [-0.15, -0.1) is 0 Å². The van der Waals surface area contributed by atoms with E-state index in [1.807, 2.05) is 24.3 Å². The molecule has 8 nitrogen and oxygen atoms in total. The Labute approximate surface area is 225 Å². The number of halogens is 1. The molecule has 0 aliphatic heterocycles. The number of nitrogens with zero attached hydrogens (tertiary/aromatic N) is 2. The van der Waals surface area contributed by atoms with Gasteiger partial charge in [-0.05, 0) is 62.1 Å². The fourth-order valence-electron chi connectivity index (χ4n) is 4.58. The molecule has 0 bridgehead atoms. The number of amides is 2. The first-order valence-electron chi connectivity index (χ1n) is 12.5. The minimum Gasteiger partial charge on any atom is -0.497 e. The highest BCUT2D eigenvalue weighted by Crippen LogP contribution is 2.23. The summed E-state index contributed by atoms with van der Waals surface area (Å²) >= 11 is 6.06. The van der Waals surface area contributed by atoms with Crippen LogP contribution in [0.2, 0.25) is 5.02 Å². The van der Waals surface area contributed by atoms with Crippen molar-refractivity contribution >= 4 is 39.1 Å². The van der Waals surface area contributed by atoms with Crippen LogP contribution in [-0.4, -0.2) is 57.1 Å². The summed E-state index contributed by atoms with van der Waals surface area (Å²) in [6, 6.07) is 13.4. The smallest absolute Gasteiger partial charge is 0.242 e. The van der Waals surface area contributed by atoms with Gasteiger partial charge in [0, 0.05) is 30.6 Å². The van der Waals surface area contributed by atoms with E-state index < -0.39 is 16.1 Å². The van der Waals surface area contributed by atoms with Crippen LogP contribution in [0.25, 0.3) is 0 Å². The Bertz CT molecular complexity index is 1180. The molecule has 202 valence electrons. The molecule has 0 unspecified atom stereocenters. The van der Waals surface area contributed by atoms with Gasteiger partial charge in [0.1, 0.15) is 11.8 Å². The molecule has 0 radical (unpaired) electrons. The minimum atomic E-state index is -3.58. The molecular formula is C27H36ClN3O5S. The molecule has 0 aromatic heterocycles. The highest BCUT2D eigenvalue weighted by molar-refractivity contribution is 7.92. The minimum absolute atomic E-state index is 0.0810. The molecule has 10 heteroatoms. The molecule has 0 saturated heterocycles. The summed E-state index contributed by atoms with van der Waals surface area (Å²) in [5.41, 5.74) is 1.28. The standard InChI is InChI=1S/C27H36ClN3O5S/c1-20(27(33)29-23-11-4-5-12-23)30(19-21-9-6-14-25(17-21)36-2)26(32)15-8-16-31(37(3,34)35)24-13-7-10-22(28)18-24/h6-7,9-10,13-14,17-18,20,23H,4-5,8,11-12,15-16,19H2,1-3H3,(H,29,33)/t20-/m0/s1. The van der Waals surface area contributed by atoms with Gasteiger partial charge in [-0.25, -0.2) is 8.42 Å². The number of carbonyl (C=O) groups is 2. The Kier molecular flexibility index (Phi) is 10.2. The lowest BCUT2D eigenvalue weighted by Gasteiger charge is -2.30. The van der Waals surface area contributed by atoms with E-state index in [1.54, 1.807) is 43.2 Å². The Morgan fingerprint density at radius 1 is 1.14 bits per heavy atom. The molecular weight excluding hydrogens is 514 g/mol. The lowest BCUT2D eigenvalue weighted by Crippen LogP contribution is -2.49. The van der Waals surface area contributed by atoms with E-state index in [-0.39, 0.29) is 43.8 Å². The van der Waals surface area contributed by atoms with Gasteiger partial charge in [-0.3, -0.25) is 13.9 Å². The SMILES string of the molecule is COc1cccc(CN(C(=O)CCCN(c2cccc(Cl)c2)S(C)(=O)=O)[C@@H](C)C(=O)NC2CCCC2)c1. The van der Waals surface area contributed by atoms with Gasteiger partial charge in [-0.1, -0.05) is 42.6 Å². The molecule has 0 spiro atoms. The highest BCUT2D eigenvalue weighted by atomic mass is 35.5. The second-order valence-corrected chi connectivity index (χ2v) is 11.8. The largest absolute Gasteiger partial charge is 0.497 e. The predicted octanol–water partition coefficient (Wildman–Crippen LogP) is 4.37. The zero-order valence-electron chi connectivity index (χ0n) is 21.7. The number of carbonyl (C=O) groups excluding carboxylic acids is 2. The number of hydrogen-bond acceptors (Lipinski definition) is 5. The number of nitrogens with one attached hydrogen (secondary N) is 1. The maximum absolute atomic E-state index is 13.4. The van der Waals surface area contributed by atoms with Gasteiger partial charge in [0.25, 0.3) is 0 Å². The zero-order chi connectivity index (χ0) is 27.0. The van der Waals surface area contributed by atoms with E-state index in [0.717, 1.165) is 37.5 Å². The predicted molar refractivity (Wildman–Crippen MR) is 146 cm³/mol. The summed E-state index contributed by atoms with van der Waals surface area (Å²) in [4.78, 5) is 28.1. The molecule has 3 rings (SSSR count). The Morgan fingerprint density at radius 2 is 1.84 bits per heavy atom. The highest BCUT2D eigenvalue weighted by Gasteiger charge is 2.29. The van der Waals surface area contributed by atoms with Gasteiger partial charge < -0.3 is 15.0 Å².